The lowest BCUT2D eigenvalue weighted by atomic mass is 10.1. The van der Waals surface area contributed by atoms with Gasteiger partial charge in [0.2, 0.25) is 12.7 Å². The summed E-state index contributed by atoms with van der Waals surface area (Å²) in [4.78, 5) is 11.8. The molecule has 1 amide bonds. The maximum Gasteiger partial charge on any atom is 0.231 e. The molecule has 3 rings (SSSR count). The van der Waals surface area contributed by atoms with E-state index in [1.165, 1.54) is 0 Å². The molecule has 0 radical (unpaired) electrons. The molecule has 1 fully saturated rings. The lowest BCUT2D eigenvalue weighted by molar-refractivity contribution is -0.121. The Kier molecular flexibility index (Phi) is 3.25. The Balaban J connectivity index is 1.60. The molecule has 2 heterocycles. The number of benzene rings is 1. The van der Waals surface area contributed by atoms with Gasteiger partial charge in [0.25, 0.3) is 0 Å². The van der Waals surface area contributed by atoms with Gasteiger partial charge in [-0.2, -0.15) is 0 Å². The first-order valence-electron chi connectivity index (χ1n) is 6.12. The Morgan fingerprint density at radius 2 is 2.16 bits per heavy atom. The second kappa shape index (κ2) is 5.05. The Bertz CT molecular complexity index is 494. The Hall–Kier alpha value is -1.82. The van der Waals surface area contributed by atoms with Crippen molar-refractivity contribution in [3.8, 4) is 11.5 Å². The number of ether oxygens (including phenoxy) is 3. The van der Waals surface area contributed by atoms with Crippen LogP contribution in [0.15, 0.2) is 18.2 Å². The normalized spacial score (nSPS) is 24.5. The average Bonchev–Trinajstić information content (AvgIpc) is 2.98. The third-order valence-electron chi connectivity index (χ3n) is 3.16. The second-order valence-corrected chi connectivity index (χ2v) is 4.59. The van der Waals surface area contributed by atoms with Crippen molar-refractivity contribution in [1.82, 2.24) is 5.32 Å². The van der Waals surface area contributed by atoms with Gasteiger partial charge in [-0.25, -0.2) is 4.39 Å². The Morgan fingerprint density at radius 3 is 2.95 bits per heavy atom. The van der Waals surface area contributed by atoms with Gasteiger partial charge < -0.3 is 19.5 Å². The quantitative estimate of drug-likeness (QED) is 0.880. The van der Waals surface area contributed by atoms with Gasteiger partial charge >= 0.3 is 0 Å². The minimum atomic E-state index is -1.12. The van der Waals surface area contributed by atoms with E-state index in [0.717, 1.165) is 5.56 Å². The molecule has 1 saturated heterocycles. The van der Waals surface area contributed by atoms with Gasteiger partial charge in [-0.05, 0) is 17.7 Å². The van der Waals surface area contributed by atoms with Crippen molar-refractivity contribution in [3.05, 3.63) is 23.8 Å². The number of carbonyl (C=O) groups excluding carboxylic acids is 1. The van der Waals surface area contributed by atoms with E-state index in [4.69, 9.17) is 14.2 Å². The topological polar surface area (TPSA) is 56.8 Å². The lowest BCUT2D eigenvalue weighted by Gasteiger charge is -2.13. The van der Waals surface area contributed by atoms with Crippen LogP contribution in [0, 0.1) is 0 Å². The summed E-state index contributed by atoms with van der Waals surface area (Å²) >= 11 is 0. The van der Waals surface area contributed by atoms with Crippen molar-refractivity contribution in [2.24, 2.45) is 0 Å². The van der Waals surface area contributed by atoms with Crippen LogP contribution < -0.4 is 14.8 Å². The third kappa shape index (κ3) is 2.63. The lowest BCUT2D eigenvalue weighted by Crippen LogP contribution is -2.41. The number of halogens is 1. The molecule has 0 unspecified atom stereocenters. The standard InChI is InChI=1S/C13H14FNO4/c14-9-5-17-6-10(9)15-13(16)4-8-1-2-11-12(3-8)19-7-18-11/h1-3,9-10H,4-7H2,(H,15,16)/t9-,10+/m1/s1. The van der Waals surface area contributed by atoms with Gasteiger partial charge in [0.15, 0.2) is 11.5 Å². The molecule has 1 aromatic carbocycles. The zero-order chi connectivity index (χ0) is 13.2. The smallest absolute Gasteiger partial charge is 0.231 e. The Morgan fingerprint density at radius 1 is 1.32 bits per heavy atom. The number of carbonyl (C=O) groups is 1. The van der Waals surface area contributed by atoms with E-state index in [2.05, 4.69) is 5.32 Å². The molecule has 1 N–H and O–H groups in total. The molecule has 0 spiro atoms. The highest BCUT2D eigenvalue weighted by Gasteiger charge is 2.29. The second-order valence-electron chi connectivity index (χ2n) is 4.59. The summed E-state index contributed by atoms with van der Waals surface area (Å²) in [7, 11) is 0. The molecule has 0 aliphatic carbocycles. The van der Waals surface area contributed by atoms with Crippen LogP contribution in [0.4, 0.5) is 4.39 Å². The van der Waals surface area contributed by atoms with E-state index in [-0.39, 0.29) is 32.3 Å². The predicted molar refractivity (Wildman–Crippen MR) is 63.9 cm³/mol. The summed E-state index contributed by atoms with van der Waals surface area (Å²) in [5, 5.41) is 2.63. The highest BCUT2D eigenvalue weighted by molar-refractivity contribution is 5.79. The highest BCUT2D eigenvalue weighted by Crippen LogP contribution is 2.32. The number of nitrogens with one attached hydrogen (secondary N) is 1. The van der Waals surface area contributed by atoms with E-state index in [9.17, 15) is 9.18 Å². The maximum atomic E-state index is 13.3. The molecule has 2 aliphatic rings. The van der Waals surface area contributed by atoms with Crippen LogP contribution in [-0.4, -0.2) is 38.1 Å². The van der Waals surface area contributed by atoms with E-state index in [1.807, 2.05) is 0 Å². The van der Waals surface area contributed by atoms with E-state index >= 15 is 0 Å². The van der Waals surface area contributed by atoms with Gasteiger partial charge in [0.1, 0.15) is 6.17 Å². The van der Waals surface area contributed by atoms with Gasteiger partial charge in [-0.3, -0.25) is 4.79 Å². The molecular formula is C13H14FNO4. The van der Waals surface area contributed by atoms with Crippen LogP contribution in [0.2, 0.25) is 0 Å². The SMILES string of the molecule is O=C(Cc1ccc2c(c1)OCO2)N[C@H]1COC[C@H]1F. The summed E-state index contributed by atoms with van der Waals surface area (Å²) < 4.78 is 28.7. The molecule has 6 heteroatoms. The number of alkyl halides is 1. The van der Waals surface area contributed by atoms with Gasteiger partial charge in [0.05, 0.1) is 25.7 Å². The third-order valence-corrected chi connectivity index (χ3v) is 3.16. The molecular weight excluding hydrogens is 253 g/mol. The molecule has 1 aromatic rings. The average molecular weight is 267 g/mol. The van der Waals surface area contributed by atoms with Crippen molar-refractivity contribution in [1.29, 1.82) is 0 Å². The van der Waals surface area contributed by atoms with Crippen LogP contribution in [0.25, 0.3) is 0 Å². The van der Waals surface area contributed by atoms with Crippen molar-refractivity contribution >= 4 is 5.91 Å². The first-order valence-corrected chi connectivity index (χ1v) is 6.12. The molecule has 0 bridgehead atoms. The number of hydrogen-bond donors (Lipinski definition) is 1. The van der Waals surface area contributed by atoms with Gasteiger partial charge in [0, 0.05) is 0 Å². The van der Waals surface area contributed by atoms with Crippen LogP contribution >= 0.6 is 0 Å². The summed E-state index contributed by atoms with van der Waals surface area (Å²) in [5.41, 5.74) is 0.802. The number of rotatable bonds is 3. The zero-order valence-electron chi connectivity index (χ0n) is 10.2. The molecule has 2 atom stereocenters. The summed E-state index contributed by atoms with van der Waals surface area (Å²) in [5.74, 6) is 1.09. The summed E-state index contributed by atoms with van der Waals surface area (Å²) in [6.07, 6.45) is -0.944. The minimum absolute atomic E-state index is 0.0506. The van der Waals surface area contributed by atoms with E-state index < -0.39 is 12.2 Å². The highest BCUT2D eigenvalue weighted by atomic mass is 19.1. The van der Waals surface area contributed by atoms with Crippen LogP contribution in [0.3, 0.4) is 0 Å². The largest absolute Gasteiger partial charge is 0.454 e. The number of fused-ring (bicyclic) bond motifs is 1. The van der Waals surface area contributed by atoms with E-state index in [0.29, 0.717) is 11.5 Å². The zero-order valence-corrected chi connectivity index (χ0v) is 10.2. The Labute approximate surface area is 109 Å². The van der Waals surface area contributed by atoms with Crippen molar-refractivity contribution in [2.75, 3.05) is 20.0 Å². The van der Waals surface area contributed by atoms with Gasteiger partial charge in [-0.15, -0.1) is 0 Å². The fourth-order valence-electron chi connectivity index (χ4n) is 2.15. The monoisotopic (exact) mass is 267 g/mol. The van der Waals surface area contributed by atoms with E-state index in [1.54, 1.807) is 18.2 Å². The first kappa shape index (κ1) is 12.2. The predicted octanol–water partition coefficient (Wildman–Crippen LogP) is 0.811. The van der Waals surface area contributed by atoms with Crippen LogP contribution in [0.1, 0.15) is 5.56 Å². The number of hydrogen-bond acceptors (Lipinski definition) is 4. The molecule has 5 nitrogen and oxygen atoms in total. The van der Waals surface area contributed by atoms with Crippen LogP contribution in [0.5, 0.6) is 11.5 Å². The molecule has 102 valence electrons. The number of amides is 1. The fraction of sp³-hybridized carbons (Fsp3) is 0.462. The first-order chi connectivity index (χ1) is 9.22. The molecule has 2 aliphatic heterocycles. The summed E-state index contributed by atoms with van der Waals surface area (Å²) in [6.45, 7) is 0.483. The van der Waals surface area contributed by atoms with Crippen molar-refractivity contribution < 1.29 is 23.4 Å². The maximum absolute atomic E-state index is 13.3. The molecule has 19 heavy (non-hydrogen) atoms. The van der Waals surface area contributed by atoms with Crippen molar-refractivity contribution in [3.63, 3.8) is 0 Å². The van der Waals surface area contributed by atoms with Crippen molar-refractivity contribution in [2.45, 2.75) is 18.6 Å². The minimum Gasteiger partial charge on any atom is -0.454 e. The molecule has 0 saturated carbocycles. The fourth-order valence-corrected chi connectivity index (χ4v) is 2.15. The van der Waals surface area contributed by atoms with Gasteiger partial charge in [-0.1, -0.05) is 6.07 Å². The van der Waals surface area contributed by atoms with Crippen LogP contribution in [-0.2, 0) is 16.0 Å². The molecule has 0 aromatic heterocycles. The summed E-state index contributed by atoms with van der Waals surface area (Å²) in [6, 6.07) is 4.79.